The zero-order chi connectivity index (χ0) is 18.3. The number of alkyl halides is 3. The number of hydrogen-bond acceptors (Lipinski definition) is 5. The smallest absolute Gasteiger partial charge is 0.359 e. The Balaban J connectivity index is 1.85. The first-order chi connectivity index (χ1) is 12.4. The lowest BCUT2D eigenvalue weighted by Gasteiger charge is -2.37. The van der Waals surface area contributed by atoms with Crippen molar-refractivity contribution in [1.82, 2.24) is 9.59 Å². The van der Waals surface area contributed by atoms with Crippen molar-refractivity contribution < 1.29 is 18.0 Å². The number of halogens is 3. The van der Waals surface area contributed by atoms with Crippen LogP contribution in [0, 0.1) is 0 Å². The van der Waals surface area contributed by atoms with E-state index in [0.717, 1.165) is 23.7 Å². The van der Waals surface area contributed by atoms with E-state index in [-0.39, 0.29) is 5.69 Å². The minimum absolute atomic E-state index is 0.129. The van der Waals surface area contributed by atoms with E-state index in [0.29, 0.717) is 16.9 Å². The molecule has 0 spiro atoms. The van der Waals surface area contributed by atoms with Gasteiger partial charge in [-0.25, -0.2) is 0 Å². The molecule has 1 aliphatic rings. The van der Waals surface area contributed by atoms with E-state index < -0.39 is 23.8 Å². The average Bonchev–Trinajstić information content (AvgIpc) is 3.15. The van der Waals surface area contributed by atoms with Crippen molar-refractivity contribution in [2.75, 3.05) is 10.2 Å². The SMILES string of the molecule is O=C1c2ccccc2NC(c2csnn2)N1c1cccc(C(F)(F)F)c1. The summed E-state index contributed by atoms with van der Waals surface area (Å²) in [5.74, 6) is -0.406. The Labute approximate surface area is 150 Å². The first-order valence-electron chi connectivity index (χ1n) is 7.58. The highest BCUT2D eigenvalue weighted by Crippen LogP contribution is 2.38. The van der Waals surface area contributed by atoms with Gasteiger partial charge in [0.2, 0.25) is 0 Å². The van der Waals surface area contributed by atoms with Gasteiger partial charge in [-0.05, 0) is 41.9 Å². The minimum Gasteiger partial charge on any atom is -0.359 e. The van der Waals surface area contributed by atoms with E-state index in [1.807, 2.05) is 0 Å². The second-order valence-electron chi connectivity index (χ2n) is 5.65. The van der Waals surface area contributed by atoms with Crippen LogP contribution in [0.5, 0.6) is 0 Å². The summed E-state index contributed by atoms with van der Waals surface area (Å²) < 4.78 is 43.1. The summed E-state index contributed by atoms with van der Waals surface area (Å²) in [7, 11) is 0. The van der Waals surface area contributed by atoms with Gasteiger partial charge in [-0.3, -0.25) is 9.69 Å². The van der Waals surface area contributed by atoms with Crippen LogP contribution in [0.25, 0.3) is 0 Å². The molecule has 2 aromatic carbocycles. The zero-order valence-electron chi connectivity index (χ0n) is 13.1. The van der Waals surface area contributed by atoms with Crippen LogP contribution in [0.1, 0.15) is 27.8 Å². The minimum atomic E-state index is -4.50. The highest BCUT2D eigenvalue weighted by molar-refractivity contribution is 7.03. The number of nitrogens with one attached hydrogen (secondary N) is 1. The molecule has 1 aliphatic heterocycles. The number of hydrogen-bond donors (Lipinski definition) is 1. The molecule has 0 bridgehead atoms. The molecule has 4 rings (SSSR count). The zero-order valence-corrected chi connectivity index (χ0v) is 13.9. The molecule has 0 aliphatic carbocycles. The van der Waals surface area contributed by atoms with Gasteiger partial charge in [0.05, 0.1) is 11.1 Å². The largest absolute Gasteiger partial charge is 0.416 e. The van der Waals surface area contributed by atoms with E-state index in [1.165, 1.54) is 17.0 Å². The molecular formula is C17H11F3N4OS. The third-order valence-electron chi connectivity index (χ3n) is 4.04. The Bertz CT molecular complexity index is 959. The fraction of sp³-hybridized carbons (Fsp3) is 0.118. The van der Waals surface area contributed by atoms with E-state index in [4.69, 9.17) is 0 Å². The number of aromatic nitrogens is 2. The molecule has 3 aromatic rings. The van der Waals surface area contributed by atoms with Crippen molar-refractivity contribution in [3.63, 3.8) is 0 Å². The maximum atomic E-state index is 13.1. The van der Waals surface area contributed by atoms with Gasteiger partial charge in [-0.2, -0.15) is 13.2 Å². The quantitative estimate of drug-likeness (QED) is 0.723. The van der Waals surface area contributed by atoms with E-state index in [9.17, 15) is 18.0 Å². The Morgan fingerprint density at radius 1 is 1.12 bits per heavy atom. The summed E-state index contributed by atoms with van der Waals surface area (Å²) in [6.07, 6.45) is -5.25. The van der Waals surface area contributed by atoms with Gasteiger partial charge in [-0.15, -0.1) is 5.10 Å². The lowest BCUT2D eigenvalue weighted by atomic mass is 10.0. The molecule has 0 radical (unpaired) electrons. The van der Waals surface area contributed by atoms with Gasteiger partial charge in [-0.1, -0.05) is 22.7 Å². The molecule has 132 valence electrons. The number of nitrogens with zero attached hydrogens (tertiary/aromatic N) is 3. The van der Waals surface area contributed by atoms with Crippen molar-refractivity contribution in [1.29, 1.82) is 0 Å². The molecule has 9 heteroatoms. The average molecular weight is 376 g/mol. The third-order valence-corrected chi connectivity index (χ3v) is 4.56. The van der Waals surface area contributed by atoms with E-state index >= 15 is 0 Å². The number of carbonyl (C=O) groups is 1. The molecule has 1 amide bonds. The molecule has 26 heavy (non-hydrogen) atoms. The van der Waals surface area contributed by atoms with Crippen molar-refractivity contribution in [3.8, 4) is 0 Å². The maximum Gasteiger partial charge on any atom is 0.416 e. The number of benzene rings is 2. The number of para-hydroxylation sites is 1. The lowest BCUT2D eigenvalue weighted by Crippen LogP contribution is -2.43. The normalized spacial score (nSPS) is 17.0. The Hall–Kier alpha value is -2.94. The molecule has 5 nitrogen and oxygen atoms in total. The number of anilines is 2. The van der Waals surface area contributed by atoms with Crippen molar-refractivity contribution in [2.24, 2.45) is 0 Å². The molecular weight excluding hydrogens is 365 g/mol. The van der Waals surface area contributed by atoms with Crippen LogP contribution in [-0.4, -0.2) is 15.5 Å². The van der Waals surface area contributed by atoms with E-state index in [1.54, 1.807) is 29.6 Å². The monoisotopic (exact) mass is 376 g/mol. The van der Waals surface area contributed by atoms with Crippen molar-refractivity contribution in [2.45, 2.75) is 12.3 Å². The van der Waals surface area contributed by atoms with Gasteiger partial charge in [0, 0.05) is 16.8 Å². The van der Waals surface area contributed by atoms with Gasteiger partial charge >= 0.3 is 6.18 Å². The fourth-order valence-corrected chi connectivity index (χ4v) is 3.32. The molecule has 0 fully saturated rings. The molecule has 2 heterocycles. The van der Waals surface area contributed by atoms with Crippen LogP contribution in [-0.2, 0) is 6.18 Å². The van der Waals surface area contributed by atoms with Crippen LogP contribution < -0.4 is 10.2 Å². The Morgan fingerprint density at radius 3 is 2.65 bits per heavy atom. The van der Waals surface area contributed by atoms with Crippen LogP contribution in [0.15, 0.2) is 53.9 Å². The lowest BCUT2D eigenvalue weighted by molar-refractivity contribution is -0.137. The van der Waals surface area contributed by atoms with Gasteiger partial charge in [0.15, 0.2) is 6.17 Å². The van der Waals surface area contributed by atoms with Gasteiger partial charge in [0.1, 0.15) is 5.69 Å². The molecule has 1 unspecified atom stereocenters. The highest BCUT2D eigenvalue weighted by atomic mass is 32.1. The predicted molar refractivity (Wildman–Crippen MR) is 91.0 cm³/mol. The fourth-order valence-electron chi connectivity index (χ4n) is 2.85. The first-order valence-corrected chi connectivity index (χ1v) is 8.42. The van der Waals surface area contributed by atoms with Crippen LogP contribution in [0.2, 0.25) is 0 Å². The Kier molecular flexibility index (Phi) is 3.87. The molecule has 0 saturated carbocycles. The third kappa shape index (κ3) is 2.80. The van der Waals surface area contributed by atoms with Crippen molar-refractivity contribution >= 4 is 28.8 Å². The number of amides is 1. The van der Waals surface area contributed by atoms with Crippen molar-refractivity contribution in [3.05, 3.63) is 70.7 Å². The summed E-state index contributed by atoms with van der Waals surface area (Å²) in [6.45, 7) is 0. The van der Waals surface area contributed by atoms with Crippen LogP contribution in [0.3, 0.4) is 0 Å². The first kappa shape index (κ1) is 16.5. The summed E-state index contributed by atoms with van der Waals surface area (Å²) in [5, 5.41) is 8.80. The number of fused-ring (bicyclic) bond motifs is 1. The molecule has 1 atom stereocenters. The summed E-state index contributed by atoms with van der Waals surface area (Å²) in [5.41, 5.74) is 0.736. The summed E-state index contributed by atoms with van der Waals surface area (Å²) >= 11 is 1.10. The maximum absolute atomic E-state index is 13.1. The predicted octanol–water partition coefficient (Wildman–Crippen LogP) is 4.33. The molecule has 0 saturated heterocycles. The molecule has 1 aromatic heterocycles. The van der Waals surface area contributed by atoms with Gasteiger partial charge in [0.25, 0.3) is 5.91 Å². The summed E-state index contributed by atoms with van der Waals surface area (Å²) in [6, 6.07) is 11.5. The second-order valence-corrected chi connectivity index (χ2v) is 6.26. The summed E-state index contributed by atoms with van der Waals surface area (Å²) in [4.78, 5) is 14.3. The highest BCUT2D eigenvalue weighted by Gasteiger charge is 2.37. The number of rotatable bonds is 2. The van der Waals surface area contributed by atoms with Crippen LogP contribution >= 0.6 is 11.5 Å². The molecule has 1 N–H and O–H groups in total. The second kappa shape index (κ2) is 6.10. The number of carbonyl (C=O) groups excluding carboxylic acids is 1. The topological polar surface area (TPSA) is 58.1 Å². The van der Waals surface area contributed by atoms with Gasteiger partial charge < -0.3 is 5.32 Å². The van der Waals surface area contributed by atoms with E-state index in [2.05, 4.69) is 14.9 Å². The van der Waals surface area contributed by atoms with Crippen LogP contribution in [0.4, 0.5) is 24.5 Å². The Morgan fingerprint density at radius 2 is 1.92 bits per heavy atom. The standard InChI is InChI=1S/C17H11F3N4OS/c18-17(19,20)10-4-3-5-11(8-10)24-15(14-9-26-23-22-14)21-13-7-2-1-6-12(13)16(24)25/h1-9,15,21H.